The fraction of sp³-hybridized carbons (Fsp3) is 0.455. The zero-order valence-corrected chi connectivity index (χ0v) is 16.0. The first-order valence-electron chi connectivity index (χ1n) is 9.52. The van der Waals surface area contributed by atoms with Crippen molar-refractivity contribution < 1.29 is 14.3 Å². The number of carbonyl (C=O) groups excluding carboxylic acids is 1. The van der Waals surface area contributed by atoms with Crippen LogP contribution < -0.4 is 9.47 Å². The van der Waals surface area contributed by atoms with Crippen LogP contribution in [0, 0.1) is 5.92 Å². The molecule has 140 valence electrons. The molecule has 0 aliphatic rings. The van der Waals surface area contributed by atoms with E-state index in [9.17, 15) is 4.79 Å². The average Bonchev–Trinajstić information content (AvgIpc) is 2.67. The summed E-state index contributed by atoms with van der Waals surface area (Å²) in [6, 6.07) is 9.47. The molecule has 1 heterocycles. The normalized spacial score (nSPS) is 11.8. The Morgan fingerprint density at radius 2 is 1.88 bits per heavy atom. The van der Waals surface area contributed by atoms with E-state index < -0.39 is 0 Å². The zero-order chi connectivity index (χ0) is 18.8. The minimum atomic E-state index is -0.194. The molecule has 4 heteroatoms. The van der Waals surface area contributed by atoms with Gasteiger partial charge in [-0.05, 0) is 30.9 Å². The van der Waals surface area contributed by atoms with Gasteiger partial charge in [-0.1, -0.05) is 51.8 Å². The zero-order valence-electron chi connectivity index (χ0n) is 16.0. The van der Waals surface area contributed by atoms with Crippen LogP contribution in [0.1, 0.15) is 52.9 Å². The van der Waals surface area contributed by atoms with Gasteiger partial charge >= 0.3 is 5.97 Å². The Morgan fingerprint density at radius 3 is 2.65 bits per heavy atom. The van der Waals surface area contributed by atoms with Gasteiger partial charge in [0.1, 0.15) is 11.5 Å². The summed E-state index contributed by atoms with van der Waals surface area (Å²) in [5.74, 6) is 1.61. The van der Waals surface area contributed by atoms with Crippen LogP contribution in [0.25, 0.3) is 11.1 Å². The third-order valence-corrected chi connectivity index (χ3v) is 4.48. The molecule has 1 atom stereocenters. The molecular formula is C22H29NO3. The molecule has 0 spiro atoms. The fourth-order valence-corrected chi connectivity index (χ4v) is 2.56. The number of pyridine rings is 1. The summed E-state index contributed by atoms with van der Waals surface area (Å²) >= 11 is 0. The number of esters is 1. The monoisotopic (exact) mass is 355 g/mol. The smallest absolute Gasteiger partial charge is 0.311 e. The molecule has 0 bridgehead atoms. The van der Waals surface area contributed by atoms with Gasteiger partial charge in [-0.15, -0.1) is 0 Å². The van der Waals surface area contributed by atoms with Gasteiger partial charge in [-0.2, -0.15) is 0 Å². The predicted octanol–water partition coefficient (Wildman–Crippen LogP) is 5.66. The Bertz CT molecular complexity index is 699. The summed E-state index contributed by atoms with van der Waals surface area (Å²) in [7, 11) is 0. The molecule has 0 saturated heterocycles. The van der Waals surface area contributed by atoms with Gasteiger partial charge in [0, 0.05) is 23.7 Å². The van der Waals surface area contributed by atoms with Gasteiger partial charge in [0.05, 0.1) is 12.8 Å². The highest BCUT2D eigenvalue weighted by atomic mass is 16.5. The number of hydrogen-bond acceptors (Lipinski definition) is 4. The summed E-state index contributed by atoms with van der Waals surface area (Å²) in [5, 5.41) is 0. The van der Waals surface area contributed by atoms with Crippen LogP contribution in [0.15, 0.2) is 42.7 Å². The number of benzene rings is 1. The number of carbonyl (C=O) groups is 1. The largest absolute Gasteiger partial charge is 0.491 e. The molecule has 0 fully saturated rings. The van der Waals surface area contributed by atoms with Crippen molar-refractivity contribution in [1.29, 1.82) is 0 Å². The maximum Gasteiger partial charge on any atom is 0.311 e. The summed E-state index contributed by atoms with van der Waals surface area (Å²) < 4.78 is 11.5. The Hall–Kier alpha value is -2.36. The number of nitrogens with zero attached hydrogens (tertiary/aromatic N) is 1. The summed E-state index contributed by atoms with van der Waals surface area (Å²) in [6.07, 6.45) is 7.84. The first-order valence-corrected chi connectivity index (χ1v) is 9.52. The number of unbranched alkanes of at least 4 members (excludes halogenated alkanes) is 1. The van der Waals surface area contributed by atoms with Crippen molar-refractivity contribution >= 4 is 5.97 Å². The van der Waals surface area contributed by atoms with E-state index in [1.165, 1.54) is 0 Å². The average molecular weight is 355 g/mol. The minimum absolute atomic E-state index is 0.194. The van der Waals surface area contributed by atoms with E-state index >= 15 is 0 Å². The molecule has 1 aromatic heterocycles. The van der Waals surface area contributed by atoms with Crippen molar-refractivity contribution in [2.24, 2.45) is 5.92 Å². The third-order valence-electron chi connectivity index (χ3n) is 4.48. The fourth-order valence-electron chi connectivity index (χ4n) is 2.56. The lowest BCUT2D eigenvalue weighted by Crippen LogP contribution is -2.10. The van der Waals surface area contributed by atoms with Crippen molar-refractivity contribution in [3.63, 3.8) is 0 Å². The van der Waals surface area contributed by atoms with Crippen LogP contribution in [-0.2, 0) is 4.79 Å². The second kappa shape index (κ2) is 10.6. The van der Waals surface area contributed by atoms with Gasteiger partial charge in [0.2, 0.25) is 0 Å². The lowest BCUT2D eigenvalue weighted by molar-refractivity contribution is -0.134. The maximum atomic E-state index is 12.2. The van der Waals surface area contributed by atoms with E-state index in [1.807, 2.05) is 30.3 Å². The third kappa shape index (κ3) is 5.87. The molecule has 0 aliphatic heterocycles. The maximum absolute atomic E-state index is 12.2. The van der Waals surface area contributed by atoms with E-state index in [4.69, 9.17) is 9.47 Å². The Kier molecular flexibility index (Phi) is 8.13. The van der Waals surface area contributed by atoms with Gasteiger partial charge in [-0.25, -0.2) is 0 Å². The number of hydrogen-bond donors (Lipinski definition) is 0. The second-order valence-corrected chi connectivity index (χ2v) is 6.60. The van der Waals surface area contributed by atoms with Crippen LogP contribution in [0.3, 0.4) is 0 Å². The van der Waals surface area contributed by atoms with E-state index in [1.54, 1.807) is 12.4 Å². The van der Waals surface area contributed by atoms with Crippen LogP contribution in [0.2, 0.25) is 0 Å². The van der Waals surface area contributed by atoms with E-state index in [0.717, 1.165) is 36.8 Å². The molecule has 0 radical (unpaired) electrons. The van der Waals surface area contributed by atoms with Gasteiger partial charge < -0.3 is 9.47 Å². The first-order chi connectivity index (χ1) is 12.7. The summed E-state index contributed by atoms with van der Waals surface area (Å²) in [5.41, 5.74) is 1.74. The highest BCUT2D eigenvalue weighted by Gasteiger charge is 2.15. The predicted molar refractivity (Wildman–Crippen MR) is 104 cm³/mol. The highest BCUT2D eigenvalue weighted by Crippen LogP contribution is 2.36. The van der Waals surface area contributed by atoms with Crippen molar-refractivity contribution in [1.82, 2.24) is 4.98 Å². The molecule has 26 heavy (non-hydrogen) atoms. The molecule has 2 rings (SSSR count). The van der Waals surface area contributed by atoms with Gasteiger partial charge in [0.15, 0.2) is 0 Å². The van der Waals surface area contributed by atoms with Gasteiger partial charge in [0.25, 0.3) is 0 Å². The molecule has 0 aliphatic carbocycles. The van der Waals surface area contributed by atoms with Crippen LogP contribution in [0.5, 0.6) is 11.5 Å². The molecule has 2 aromatic rings. The van der Waals surface area contributed by atoms with Gasteiger partial charge in [-0.3, -0.25) is 9.78 Å². The SMILES string of the molecule is CCCCOc1cnccc1-c1ccccc1OC(=O)CCC(C)CC. The highest BCUT2D eigenvalue weighted by molar-refractivity contribution is 5.80. The Labute approximate surface area is 156 Å². The van der Waals surface area contributed by atoms with Crippen LogP contribution in [0.4, 0.5) is 0 Å². The molecule has 1 unspecified atom stereocenters. The lowest BCUT2D eigenvalue weighted by Gasteiger charge is -2.14. The van der Waals surface area contributed by atoms with Crippen molar-refractivity contribution in [2.75, 3.05) is 6.61 Å². The molecule has 1 aromatic carbocycles. The van der Waals surface area contributed by atoms with Crippen LogP contribution >= 0.6 is 0 Å². The summed E-state index contributed by atoms with van der Waals surface area (Å²) in [6.45, 7) is 7.06. The van der Waals surface area contributed by atoms with E-state index in [-0.39, 0.29) is 5.97 Å². The van der Waals surface area contributed by atoms with Crippen molar-refractivity contribution in [2.45, 2.75) is 52.9 Å². The quantitative estimate of drug-likeness (QED) is 0.313. The van der Waals surface area contributed by atoms with E-state index in [2.05, 4.69) is 25.8 Å². The first kappa shape index (κ1) is 20.0. The Morgan fingerprint density at radius 1 is 1.12 bits per heavy atom. The van der Waals surface area contributed by atoms with Crippen LogP contribution in [-0.4, -0.2) is 17.6 Å². The number of para-hydroxylation sites is 1. The minimum Gasteiger partial charge on any atom is -0.491 e. The molecule has 0 N–H and O–H groups in total. The Balaban J connectivity index is 2.17. The molecule has 0 saturated carbocycles. The molecule has 4 nitrogen and oxygen atoms in total. The van der Waals surface area contributed by atoms with Crippen molar-refractivity contribution in [3.8, 4) is 22.6 Å². The van der Waals surface area contributed by atoms with Crippen molar-refractivity contribution in [3.05, 3.63) is 42.7 Å². The number of aromatic nitrogens is 1. The molecular weight excluding hydrogens is 326 g/mol. The van der Waals surface area contributed by atoms with E-state index in [0.29, 0.717) is 30.4 Å². The second-order valence-electron chi connectivity index (χ2n) is 6.60. The molecule has 0 amide bonds. The topological polar surface area (TPSA) is 48.4 Å². The number of rotatable bonds is 10. The standard InChI is InChI=1S/C22H29NO3/c1-4-6-15-25-21-16-23-14-13-19(21)18-9-7-8-10-20(18)26-22(24)12-11-17(3)5-2/h7-10,13-14,16-17H,4-6,11-12,15H2,1-3H3. The number of ether oxygens (including phenoxy) is 2. The summed E-state index contributed by atoms with van der Waals surface area (Å²) in [4.78, 5) is 16.4. The lowest BCUT2D eigenvalue weighted by atomic mass is 10.0.